The van der Waals surface area contributed by atoms with Crippen LogP contribution in [-0.2, 0) is 6.54 Å². The van der Waals surface area contributed by atoms with E-state index in [1.807, 2.05) is 12.5 Å². The lowest BCUT2D eigenvalue weighted by Crippen LogP contribution is -2.15. The van der Waals surface area contributed by atoms with Gasteiger partial charge >= 0.3 is 0 Å². The largest absolute Gasteiger partial charge is 0.366 e. The number of fused-ring (bicyclic) bond motifs is 1. The van der Waals surface area contributed by atoms with Gasteiger partial charge in [0.25, 0.3) is 0 Å². The molecule has 0 fully saturated rings. The molecular weight excluding hydrogens is 138 g/mol. The monoisotopic (exact) mass is 151 g/mol. The molecule has 60 valence electrons. The first-order valence-corrected chi connectivity index (χ1v) is 4.17. The number of anilines is 1. The Morgan fingerprint density at radius 1 is 1.82 bits per heavy atom. The van der Waals surface area contributed by atoms with Crippen molar-refractivity contribution in [2.45, 2.75) is 32.4 Å². The van der Waals surface area contributed by atoms with Crippen molar-refractivity contribution in [3.8, 4) is 0 Å². The Labute approximate surface area is 66.4 Å². The summed E-state index contributed by atoms with van der Waals surface area (Å²) in [5.41, 5.74) is 0. The number of imidazole rings is 1. The molecule has 0 saturated heterocycles. The summed E-state index contributed by atoms with van der Waals surface area (Å²) in [6, 6.07) is 0.637. The predicted molar refractivity (Wildman–Crippen MR) is 44.5 cm³/mol. The fourth-order valence-electron chi connectivity index (χ4n) is 1.59. The van der Waals surface area contributed by atoms with Crippen LogP contribution in [0.3, 0.4) is 0 Å². The van der Waals surface area contributed by atoms with Gasteiger partial charge in [-0.3, -0.25) is 0 Å². The fraction of sp³-hybridized carbons (Fsp3) is 0.625. The summed E-state index contributed by atoms with van der Waals surface area (Å²) in [4.78, 5) is 4.04. The third kappa shape index (κ3) is 1.11. The van der Waals surface area contributed by atoms with Gasteiger partial charge in [-0.2, -0.15) is 0 Å². The zero-order valence-corrected chi connectivity index (χ0v) is 6.75. The van der Waals surface area contributed by atoms with Crippen molar-refractivity contribution >= 4 is 5.82 Å². The maximum Gasteiger partial charge on any atom is 0.126 e. The lowest BCUT2D eigenvalue weighted by molar-refractivity contribution is 0.593. The minimum absolute atomic E-state index is 0.637. The van der Waals surface area contributed by atoms with Gasteiger partial charge in [0.05, 0.1) is 12.5 Å². The van der Waals surface area contributed by atoms with Crippen LogP contribution in [0.2, 0.25) is 0 Å². The molecule has 0 aliphatic carbocycles. The number of aromatic nitrogens is 2. The first-order valence-electron chi connectivity index (χ1n) is 4.17. The van der Waals surface area contributed by atoms with E-state index in [0.717, 1.165) is 6.54 Å². The molecule has 0 amide bonds. The van der Waals surface area contributed by atoms with Crippen LogP contribution in [0.25, 0.3) is 0 Å². The number of rotatable bonds is 2. The van der Waals surface area contributed by atoms with Gasteiger partial charge in [-0.1, -0.05) is 13.3 Å². The quantitative estimate of drug-likeness (QED) is 0.693. The van der Waals surface area contributed by atoms with Crippen LogP contribution in [0.5, 0.6) is 0 Å². The molecule has 1 aliphatic rings. The summed E-state index contributed by atoms with van der Waals surface area (Å²) in [6.07, 6.45) is 6.27. The number of nitrogens with one attached hydrogen (secondary N) is 1. The van der Waals surface area contributed by atoms with Gasteiger partial charge in [0.15, 0.2) is 0 Å². The molecule has 1 atom stereocenters. The Morgan fingerprint density at radius 3 is 3.45 bits per heavy atom. The topological polar surface area (TPSA) is 29.9 Å². The first-order chi connectivity index (χ1) is 5.40. The molecule has 1 unspecified atom stereocenters. The minimum Gasteiger partial charge on any atom is -0.366 e. The summed E-state index contributed by atoms with van der Waals surface area (Å²) in [5, 5.41) is 3.42. The zero-order valence-electron chi connectivity index (χ0n) is 6.75. The van der Waals surface area contributed by atoms with Crippen LogP contribution in [0.15, 0.2) is 12.5 Å². The highest BCUT2D eigenvalue weighted by Crippen LogP contribution is 2.19. The molecule has 1 aromatic rings. The van der Waals surface area contributed by atoms with Gasteiger partial charge in [-0.15, -0.1) is 0 Å². The molecule has 0 spiro atoms. The molecule has 2 rings (SSSR count). The highest BCUT2D eigenvalue weighted by atomic mass is 15.2. The van der Waals surface area contributed by atoms with Gasteiger partial charge in [0.1, 0.15) is 5.82 Å². The fourth-order valence-corrected chi connectivity index (χ4v) is 1.59. The Hall–Kier alpha value is -0.990. The molecule has 0 radical (unpaired) electrons. The Balaban J connectivity index is 2.04. The van der Waals surface area contributed by atoms with Gasteiger partial charge in [0, 0.05) is 12.6 Å². The Kier molecular flexibility index (Phi) is 1.56. The van der Waals surface area contributed by atoms with Crippen molar-refractivity contribution < 1.29 is 0 Å². The number of hydrogen-bond acceptors (Lipinski definition) is 2. The van der Waals surface area contributed by atoms with E-state index in [0.29, 0.717) is 6.04 Å². The molecule has 0 bridgehead atoms. The van der Waals surface area contributed by atoms with Crippen molar-refractivity contribution in [3.63, 3.8) is 0 Å². The molecule has 11 heavy (non-hydrogen) atoms. The van der Waals surface area contributed by atoms with E-state index < -0.39 is 0 Å². The molecule has 1 aromatic heterocycles. The van der Waals surface area contributed by atoms with E-state index in [4.69, 9.17) is 0 Å². The van der Waals surface area contributed by atoms with Crippen LogP contribution in [0.4, 0.5) is 5.82 Å². The van der Waals surface area contributed by atoms with Gasteiger partial charge in [-0.05, 0) is 6.42 Å². The zero-order chi connectivity index (χ0) is 7.68. The van der Waals surface area contributed by atoms with Crippen molar-refractivity contribution in [2.24, 2.45) is 0 Å². The Bertz CT molecular complexity index is 221. The third-order valence-electron chi connectivity index (χ3n) is 2.12. The van der Waals surface area contributed by atoms with E-state index >= 15 is 0 Å². The second kappa shape index (κ2) is 2.57. The van der Waals surface area contributed by atoms with Crippen LogP contribution in [-0.4, -0.2) is 15.6 Å². The Morgan fingerprint density at radius 2 is 2.73 bits per heavy atom. The molecule has 1 N–H and O–H groups in total. The summed E-state index contributed by atoms with van der Waals surface area (Å²) in [5.74, 6) is 1.17. The van der Waals surface area contributed by atoms with Crippen LogP contribution in [0.1, 0.15) is 19.8 Å². The van der Waals surface area contributed by atoms with E-state index in [1.54, 1.807) is 0 Å². The van der Waals surface area contributed by atoms with E-state index in [2.05, 4.69) is 21.8 Å². The molecule has 3 nitrogen and oxygen atoms in total. The first kappa shape index (κ1) is 6.70. The van der Waals surface area contributed by atoms with Gasteiger partial charge in [-0.25, -0.2) is 4.98 Å². The van der Waals surface area contributed by atoms with Crippen molar-refractivity contribution in [1.29, 1.82) is 0 Å². The summed E-state index contributed by atoms with van der Waals surface area (Å²) in [6.45, 7) is 3.30. The van der Waals surface area contributed by atoms with Crippen molar-refractivity contribution in [2.75, 3.05) is 5.32 Å². The molecule has 0 aromatic carbocycles. The average Bonchev–Trinajstić information content (AvgIpc) is 2.46. The van der Waals surface area contributed by atoms with E-state index in [1.165, 1.54) is 18.7 Å². The maximum absolute atomic E-state index is 4.04. The van der Waals surface area contributed by atoms with Crippen LogP contribution >= 0.6 is 0 Å². The van der Waals surface area contributed by atoms with E-state index in [9.17, 15) is 0 Å². The SMILES string of the molecule is CCCC1Cn2cncc2N1. The summed E-state index contributed by atoms with van der Waals surface area (Å²) >= 11 is 0. The highest BCUT2D eigenvalue weighted by Gasteiger charge is 2.18. The molecular formula is C8H13N3. The molecule has 1 aliphatic heterocycles. The number of hydrogen-bond donors (Lipinski definition) is 1. The summed E-state index contributed by atoms with van der Waals surface area (Å²) in [7, 11) is 0. The maximum atomic E-state index is 4.04. The molecule has 2 heterocycles. The number of nitrogens with zero attached hydrogens (tertiary/aromatic N) is 2. The predicted octanol–water partition coefficient (Wildman–Crippen LogP) is 1.48. The van der Waals surface area contributed by atoms with Crippen LogP contribution < -0.4 is 5.32 Å². The lowest BCUT2D eigenvalue weighted by atomic mass is 10.2. The second-order valence-corrected chi connectivity index (χ2v) is 3.06. The van der Waals surface area contributed by atoms with Crippen molar-refractivity contribution in [1.82, 2.24) is 9.55 Å². The third-order valence-corrected chi connectivity index (χ3v) is 2.12. The standard InChI is InChI=1S/C8H13N3/c1-2-3-7-5-11-6-9-4-8(11)10-7/h4,6-7,10H,2-3,5H2,1H3. The van der Waals surface area contributed by atoms with Crippen molar-refractivity contribution in [3.05, 3.63) is 12.5 Å². The van der Waals surface area contributed by atoms with Gasteiger partial charge < -0.3 is 9.88 Å². The smallest absolute Gasteiger partial charge is 0.126 e. The summed E-state index contributed by atoms with van der Waals surface area (Å²) < 4.78 is 2.17. The highest BCUT2D eigenvalue weighted by molar-refractivity contribution is 5.38. The minimum atomic E-state index is 0.637. The van der Waals surface area contributed by atoms with E-state index in [-0.39, 0.29) is 0 Å². The second-order valence-electron chi connectivity index (χ2n) is 3.06. The normalized spacial score (nSPS) is 21.4. The lowest BCUT2D eigenvalue weighted by Gasteiger charge is -2.06. The average molecular weight is 151 g/mol. The molecule has 3 heteroatoms. The van der Waals surface area contributed by atoms with Crippen LogP contribution in [0, 0.1) is 0 Å². The molecule has 0 saturated carbocycles. The van der Waals surface area contributed by atoms with Gasteiger partial charge in [0.2, 0.25) is 0 Å².